The van der Waals surface area contributed by atoms with Gasteiger partial charge in [0.2, 0.25) is 11.9 Å². The molecule has 0 radical (unpaired) electrons. The molecule has 9 heteroatoms. The van der Waals surface area contributed by atoms with E-state index in [-0.39, 0.29) is 23.7 Å². The van der Waals surface area contributed by atoms with Crippen LogP contribution in [0, 0.1) is 5.92 Å². The fourth-order valence-corrected chi connectivity index (χ4v) is 3.44. The molecule has 0 saturated heterocycles. The topological polar surface area (TPSA) is 88.9 Å². The monoisotopic (exact) mass is 461 g/mol. The second-order valence-corrected chi connectivity index (χ2v) is 8.42. The van der Waals surface area contributed by atoms with Crippen molar-refractivity contribution in [1.29, 1.82) is 0 Å². The minimum atomic E-state index is -0.687. The largest absolute Gasteiger partial charge is 0.339 e. The predicted octanol–water partition coefficient (Wildman–Crippen LogP) is 3.54. The number of nitrogens with zero attached hydrogens (tertiary/aromatic N) is 3. The SMILES string of the molecule is CC(C)C(NC(=O)c1cccs1)C(=O)Nc1ncn(Cc2ccc(Br)cc2)n1. The Morgan fingerprint density at radius 3 is 2.61 bits per heavy atom. The molecule has 28 heavy (non-hydrogen) atoms. The highest BCUT2D eigenvalue weighted by molar-refractivity contribution is 9.10. The van der Waals surface area contributed by atoms with E-state index in [1.165, 1.54) is 11.3 Å². The van der Waals surface area contributed by atoms with E-state index in [4.69, 9.17) is 0 Å². The summed E-state index contributed by atoms with van der Waals surface area (Å²) in [5.41, 5.74) is 1.06. The van der Waals surface area contributed by atoms with Gasteiger partial charge in [-0.25, -0.2) is 9.67 Å². The van der Waals surface area contributed by atoms with E-state index in [9.17, 15) is 9.59 Å². The highest BCUT2D eigenvalue weighted by Crippen LogP contribution is 2.13. The molecule has 146 valence electrons. The van der Waals surface area contributed by atoms with Crippen LogP contribution >= 0.6 is 27.3 Å². The zero-order valence-electron chi connectivity index (χ0n) is 15.4. The molecule has 0 bridgehead atoms. The van der Waals surface area contributed by atoms with Gasteiger partial charge in [0.05, 0.1) is 11.4 Å². The first-order chi connectivity index (χ1) is 13.4. The molecule has 2 heterocycles. The zero-order chi connectivity index (χ0) is 20.1. The van der Waals surface area contributed by atoms with Gasteiger partial charge in [0.15, 0.2) is 0 Å². The van der Waals surface area contributed by atoms with Gasteiger partial charge in [-0.15, -0.1) is 16.4 Å². The Morgan fingerprint density at radius 2 is 1.96 bits per heavy atom. The molecule has 2 N–H and O–H groups in total. The first-order valence-electron chi connectivity index (χ1n) is 8.71. The summed E-state index contributed by atoms with van der Waals surface area (Å²) in [4.78, 5) is 29.6. The van der Waals surface area contributed by atoms with Gasteiger partial charge >= 0.3 is 0 Å². The van der Waals surface area contributed by atoms with Crippen LogP contribution in [0.4, 0.5) is 5.95 Å². The molecule has 0 spiro atoms. The van der Waals surface area contributed by atoms with Crippen molar-refractivity contribution in [3.05, 3.63) is 63.0 Å². The average Bonchev–Trinajstić information content (AvgIpc) is 3.33. The third kappa shape index (κ3) is 5.26. The van der Waals surface area contributed by atoms with Crippen molar-refractivity contribution in [2.45, 2.75) is 26.4 Å². The summed E-state index contributed by atoms with van der Waals surface area (Å²) in [6, 6.07) is 10.7. The Morgan fingerprint density at radius 1 is 1.21 bits per heavy atom. The molecule has 1 unspecified atom stereocenters. The lowest BCUT2D eigenvalue weighted by atomic mass is 10.0. The molecule has 0 saturated carbocycles. The maximum atomic E-state index is 12.6. The number of amides is 2. The zero-order valence-corrected chi connectivity index (χ0v) is 17.8. The number of thiophene rings is 1. The van der Waals surface area contributed by atoms with Crippen LogP contribution in [0.5, 0.6) is 0 Å². The molecule has 2 amide bonds. The second-order valence-electron chi connectivity index (χ2n) is 6.55. The first kappa shape index (κ1) is 20.2. The molecule has 0 aliphatic rings. The van der Waals surface area contributed by atoms with E-state index < -0.39 is 6.04 Å². The van der Waals surface area contributed by atoms with E-state index in [1.54, 1.807) is 23.1 Å². The number of carbonyl (C=O) groups is 2. The molecule has 3 aromatic rings. The number of carbonyl (C=O) groups excluding carboxylic acids is 2. The summed E-state index contributed by atoms with van der Waals surface area (Å²) in [5.74, 6) is -0.495. The molecular formula is C19H20BrN5O2S. The Balaban J connectivity index is 1.62. The first-order valence-corrected chi connectivity index (χ1v) is 10.4. The number of hydrogen-bond acceptors (Lipinski definition) is 5. The van der Waals surface area contributed by atoms with Gasteiger partial charge in [-0.2, -0.15) is 0 Å². The fourth-order valence-electron chi connectivity index (χ4n) is 2.55. The summed E-state index contributed by atoms with van der Waals surface area (Å²) >= 11 is 4.74. The van der Waals surface area contributed by atoms with E-state index >= 15 is 0 Å². The van der Waals surface area contributed by atoms with Crippen LogP contribution in [0.15, 0.2) is 52.6 Å². The molecule has 0 aliphatic heterocycles. The minimum Gasteiger partial charge on any atom is -0.339 e. The Bertz CT molecular complexity index is 938. The molecule has 7 nitrogen and oxygen atoms in total. The van der Waals surface area contributed by atoms with Gasteiger partial charge in [0.25, 0.3) is 5.91 Å². The van der Waals surface area contributed by atoms with Gasteiger partial charge in [-0.3, -0.25) is 14.9 Å². The highest BCUT2D eigenvalue weighted by atomic mass is 79.9. The van der Waals surface area contributed by atoms with Gasteiger partial charge in [0.1, 0.15) is 12.4 Å². The lowest BCUT2D eigenvalue weighted by Crippen LogP contribution is -2.47. The summed E-state index contributed by atoms with van der Waals surface area (Å²) in [6.45, 7) is 4.29. The van der Waals surface area contributed by atoms with Gasteiger partial charge in [0, 0.05) is 4.47 Å². The van der Waals surface area contributed by atoms with Crippen LogP contribution in [0.1, 0.15) is 29.1 Å². The quantitative estimate of drug-likeness (QED) is 0.562. The van der Waals surface area contributed by atoms with E-state index in [2.05, 4.69) is 36.6 Å². The highest BCUT2D eigenvalue weighted by Gasteiger charge is 2.26. The lowest BCUT2D eigenvalue weighted by molar-refractivity contribution is -0.118. The maximum Gasteiger partial charge on any atom is 0.262 e. The third-order valence-electron chi connectivity index (χ3n) is 4.01. The van der Waals surface area contributed by atoms with Crippen LogP contribution in [0.25, 0.3) is 0 Å². The summed E-state index contributed by atoms with van der Waals surface area (Å²) < 4.78 is 2.65. The van der Waals surface area contributed by atoms with Crippen LogP contribution in [-0.4, -0.2) is 32.6 Å². The van der Waals surface area contributed by atoms with Crippen LogP contribution in [-0.2, 0) is 11.3 Å². The molecule has 1 atom stereocenters. The molecule has 3 rings (SSSR count). The summed E-state index contributed by atoms with van der Waals surface area (Å²) in [6.07, 6.45) is 1.56. The number of rotatable bonds is 7. The molecular weight excluding hydrogens is 442 g/mol. The summed E-state index contributed by atoms with van der Waals surface area (Å²) in [5, 5.41) is 11.6. The lowest BCUT2D eigenvalue weighted by Gasteiger charge is -2.20. The van der Waals surface area contributed by atoms with Crippen molar-refractivity contribution in [3.8, 4) is 0 Å². The van der Waals surface area contributed by atoms with E-state index in [0.717, 1.165) is 10.0 Å². The van der Waals surface area contributed by atoms with Crippen molar-refractivity contribution in [1.82, 2.24) is 20.1 Å². The molecule has 2 aromatic heterocycles. The number of halogens is 1. The fraction of sp³-hybridized carbons (Fsp3) is 0.263. The smallest absolute Gasteiger partial charge is 0.262 e. The Kier molecular flexibility index (Phi) is 6.58. The number of nitrogens with one attached hydrogen (secondary N) is 2. The molecule has 0 fully saturated rings. The van der Waals surface area contributed by atoms with Crippen LogP contribution in [0.3, 0.4) is 0 Å². The van der Waals surface area contributed by atoms with Crippen molar-refractivity contribution >= 4 is 45.0 Å². The van der Waals surface area contributed by atoms with Crippen molar-refractivity contribution in [2.24, 2.45) is 5.92 Å². The third-order valence-corrected chi connectivity index (χ3v) is 5.41. The van der Waals surface area contributed by atoms with Crippen molar-refractivity contribution in [3.63, 3.8) is 0 Å². The van der Waals surface area contributed by atoms with E-state index in [1.807, 2.05) is 43.5 Å². The van der Waals surface area contributed by atoms with Gasteiger partial charge in [-0.05, 0) is 35.1 Å². The van der Waals surface area contributed by atoms with Crippen LogP contribution < -0.4 is 10.6 Å². The second kappa shape index (κ2) is 9.11. The molecule has 1 aromatic carbocycles. The Labute approximate surface area is 175 Å². The van der Waals surface area contributed by atoms with Crippen LogP contribution in [0.2, 0.25) is 0 Å². The van der Waals surface area contributed by atoms with E-state index in [0.29, 0.717) is 11.4 Å². The number of aromatic nitrogens is 3. The predicted molar refractivity (Wildman–Crippen MR) is 112 cm³/mol. The van der Waals surface area contributed by atoms with Crippen molar-refractivity contribution < 1.29 is 9.59 Å². The maximum absolute atomic E-state index is 12.6. The number of hydrogen-bond donors (Lipinski definition) is 2. The number of benzene rings is 1. The average molecular weight is 462 g/mol. The van der Waals surface area contributed by atoms with Gasteiger partial charge < -0.3 is 5.32 Å². The minimum absolute atomic E-state index is 0.0891. The molecule has 0 aliphatic carbocycles. The summed E-state index contributed by atoms with van der Waals surface area (Å²) in [7, 11) is 0. The van der Waals surface area contributed by atoms with Gasteiger partial charge in [-0.1, -0.05) is 48.0 Å². The van der Waals surface area contributed by atoms with Crippen molar-refractivity contribution in [2.75, 3.05) is 5.32 Å². The number of anilines is 1. The normalized spacial score (nSPS) is 12.0. The Hall–Kier alpha value is -2.52. The standard InChI is InChI=1S/C19H20BrN5O2S/c1-12(2)16(22-17(26)15-4-3-9-28-15)18(27)23-19-21-11-25(24-19)10-13-5-7-14(20)8-6-13/h3-9,11-12,16H,10H2,1-2H3,(H,22,26)(H,23,24,27).